The number of benzene rings is 8. The highest BCUT2D eigenvalue weighted by atomic mass is 15.0. The number of aryl methyl sites for hydroxylation is 4. The lowest BCUT2D eigenvalue weighted by molar-refractivity contribution is 0.569. The fourth-order valence-electron chi connectivity index (χ4n) is 12.4. The van der Waals surface area contributed by atoms with Gasteiger partial charge in [-0.25, -0.2) is 0 Å². The SMILES string of the molecule is Cc1ccc(-c2ccc3c(c2)c2cc(-c4ccc(C)cc4C)cc4c2n3-c2cc(-c3cc(C(C)(C)C)cc(C(C)(C)C)c3)cc3c2B4n2c4ccc(C(C)(C)C)cc4c4cc(C(C)(C)C)cc-3c42)c(C)c1. The highest BCUT2D eigenvalue weighted by Gasteiger charge is 2.43. The monoisotopic (exact) mass is 925 g/mol. The third-order valence-corrected chi connectivity index (χ3v) is 16.4. The molecule has 0 radical (unpaired) electrons. The first-order chi connectivity index (χ1) is 33.3. The molecule has 2 aliphatic rings. The van der Waals surface area contributed by atoms with Crippen molar-refractivity contribution >= 4 is 61.4 Å². The van der Waals surface area contributed by atoms with E-state index in [1.807, 2.05) is 0 Å². The van der Waals surface area contributed by atoms with E-state index in [1.54, 1.807) is 0 Å². The van der Waals surface area contributed by atoms with Gasteiger partial charge in [-0.15, -0.1) is 0 Å². The maximum atomic E-state index is 2.77. The van der Waals surface area contributed by atoms with Crippen LogP contribution in [0.2, 0.25) is 0 Å². The van der Waals surface area contributed by atoms with Crippen LogP contribution < -0.4 is 10.9 Å². The van der Waals surface area contributed by atoms with Crippen LogP contribution in [-0.2, 0) is 21.7 Å². The number of fused-ring (bicyclic) bond motifs is 10. The lowest BCUT2D eigenvalue weighted by atomic mass is 9.45. The average Bonchev–Trinajstić information content (AvgIpc) is 3.80. The number of aromatic nitrogens is 2. The van der Waals surface area contributed by atoms with Crippen LogP contribution in [0, 0.1) is 27.7 Å². The molecule has 0 amide bonds. The van der Waals surface area contributed by atoms with Gasteiger partial charge >= 0.3 is 6.85 Å². The lowest BCUT2D eigenvalue weighted by Gasteiger charge is -2.35. The zero-order valence-corrected chi connectivity index (χ0v) is 45.1. The number of rotatable bonds is 3. The minimum absolute atomic E-state index is 0.0000639. The fourth-order valence-corrected chi connectivity index (χ4v) is 12.4. The quantitative estimate of drug-likeness (QED) is 0.156. The Labute approximate surface area is 422 Å². The number of hydrogen-bond acceptors (Lipinski definition) is 0. The maximum Gasteiger partial charge on any atom is 0.333 e. The van der Waals surface area contributed by atoms with Crippen molar-refractivity contribution in [3.63, 3.8) is 0 Å². The molecule has 2 aliphatic heterocycles. The summed E-state index contributed by atoms with van der Waals surface area (Å²) < 4.78 is 5.44. The molecule has 3 heteroatoms. The van der Waals surface area contributed by atoms with E-state index in [0.29, 0.717) is 0 Å². The van der Waals surface area contributed by atoms with Gasteiger partial charge in [-0.05, 0) is 187 Å². The van der Waals surface area contributed by atoms with E-state index in [-0.39, 0.29) is 28.5 Å². The van der Waals surface area contributed by atoms with E-state index in [1.165, 1.54) is 149 Å². The molecular formula is C68H69BN2. The van der Waals surface area contributed by atoms with Crippen molar-refractivity contribution in [2.75, 3.05) is 0 Å². The molecule has 8 aromatic carbocycles. The third kappa shape index (κ3) is 6.96. The smallest absolute Gasteiger partial charge is 0.333 e. The van der Waals surface area contributed by atoms with Crippen LogP contribution in [0.5, 0.6) is 0 Å². The van der Waals surface area contributed by atoms with Crippen molar-refractivity contribution < 1.29 is 0 Å². The van der Waals surface area contributed by atoms with Crippen molar-refractivity contribution in [3.8, 4) is 50.2 Å². The molecule has 2 aromatic heterocycles. The molecule has 12 rings (SSSR count). The molecule has 10 aromatic rings. The first kappa shape index (κ1) is 45.6. The minimum atomic E-state index is -0.0719. The average molecular weight is 925 g/mol. The zero-order chi connectivity index (χ0) is 50.2. The van der Waals surface area contributed by atoms with Crippen molar-refractivity contribution in [1.82, 2.24) is 9.05 Å². The molecule has 0 aliphatic carbocycles. The summed E-state index contributed by atoms with van der Waals surface area (Å²) in [4.78, 5) is 0. The van der Waals surface area contributed by atoms with Crippen molar-refractivity contribution in [3.05, 3.63) is 172 Å². The van der Waals surface area contributed by atoms with Gasteiger partial charge in [0.15, 0.2) is 0 Å². The summed E-state index contributed by atoms with van der Waals surface area (Å²) in [5.41, 5.74) is 30.1. The molecule has 0 saturated carbocycles. The van der Waals surface area contributed by atoms with Crippen LogP contribution >= 0.6 is 0 Å². The third-order valence-electron chi connectivity index (χ3n) is 16.4. The van der Waals surface area contributed by atoms with Gasteiger partial charge in [-0.1, -0.05) is 167 Å². The van der Waals surface area contributed by atoms with E-state index in [0.717, 1.165) is 0 Å². The van der Waals surface area contributed by atoms with Gasteiger partial charge in [-0.2, -0.15) is 0 Å². The highest BCUT2D eigenvalue weighted by Crippen LogP contribution is 2.48. The Morgan fingerprint density at radius 3 is 1.48 bits per heavy atom. The molecule has 71 heavy (non-hydrogen) atoms. The van der Waals surface area contributed by atoms with Crippen LogP contribution in [-0.4, -0.2) is 15.9 Å². The molecule has 0 spiro atoms. The highest BCUT2D eigenvalue weighted by molar-refractivity contribution is 6.90. The Morgan fingerprint density at radius 2 is 0.873 bits per heavy atom. The molecule has 0 atom stereocenters. The van der Waals surface area contributed by atoms with E-state index in [2.05, 4.69) is 247 Å². The minimum Gasteiger partial charge on any atom is -0.375 e. The normalized spacial score (nSPS) is 13.6. The van der Waals surface area contributed by atoms with E-state index in [9.17, 15) is 0 Å². The van der Waals surface area contributed by atoms with Gasteiger partial charge in [0.25, 0.3) is 0 Å². The summed E-state index contributed by atoms with van der Waals surface area (Å²) >= 11 is 0. The van der Waals surface area contributed by atoms with Gasteiger partial charge in [-0.3, -0.25) is 0 Å². The molecule has 354 valence electrons. The summed E-state index contributed by atoms with van der Waals surface area (Å²) in [7, 11) is 0. The van der Waals surface area contributed by atoms with Crippen molar-refractivity contribution in [1.29, 1.82) is 0 Å². The second-order valence-corrected chi connectivity index (χ2v) is 25.8. The molecule has 0 bridgehead atoms. The molecule has 0 N–H and O–H groups in total. The Morgan fingerprint density at radius 1 is 0.352 bits per heavy atom. The molecule has 4 heterocycles. The van der Waals surface area contributed by atoms with Crippen LogP contribution in [0.3, 0.4) is 0 Å². The van der Waals surface area contributed by atoms with Gasteiger partial charge in [0.05, 0.1) is 11.0 Å². The summed E-state index contributed by atoms with van der Waals surface area (Å²) in [5.74, 6) is 0. The Kier molecular flexibility index (Phi) is 9.62. The Balaban J connectivity index is 1.29. The van der Waals surface area contributed by atoms with E-state index < -0.39 is 0 Å². The second-order valence-electron chi connectivity index (χ2n) is 25.8. The summed E-state index contributed by atoms with van der Waals surface area (Å²) in [6, 6.07) is 51.3. The maximum absolute atomic E-state index is 2.77. The van der Waals surface area contributed by atoms with Crippen LogP contribution in [0.25, 0.3) is 93.8 Å². The largest absolute Gasteiger partial charge is 0.375 e. The van der Waals surface area contributed by atoms with Crippen molar-refractivity contribution in [2.45, 2.75) is 132 Å². The van der Waals surface area contributed by atoms with Gasteiger partial charge in [0.1, 0.15) is 0 Å². The molecule has 0 saturated heterocycles. The Hall–Kier alpha value is -6.58. The standard InChI is InChI=1S/C68H69BN2/c1-38-17-21-50(40(3)25-38)42-19-23-59-52(29-42)55-31-45(51-22-18-39(2)26-41(51)4)32-58-64(55)70(59)61-33-44(43-27-47(66(8,9)10)34-48(28-43)67(11,12)13)30-54-57-37-49(68(14,15)16)36-56-53-35-46(65(5,6)7)20-24-60(53)71(63(56)57)69(58)62(54)61/h17-37H,1-16H3. The number of nitrogens with zero attached hydrogens (tertiary/aromatic N) is 2. The predicted molar refractivity (Wildman–Crippen MR) is 310 cm³/mol. The second kappa shape index (κ2) is 15.0. The summed E-state index contributed by atoms with van der Waals surface area (Å²) in [6.07, 6.45) is 0. The van der Waals surface area contributed by atoms with Crippen LogP contribution in [0.4, 0.5) is 0 Å². The Bertz CT molecular complexity index is 3920. The predicted octanol–water partition coefficient (Wildman–Crippen LogP) is 17.3. The van der Waals surface area contributed by atoms with Gasteiger partial charge in [0.2, 0.25) is 0 Å². The topological polar surface area (TPSA) is 9.86 Å². The first-order valence-corrected chi connectivity index (χ1v) is 26.1. The zero-order valence-electron chi connectivity index (χ0n) is 45.1. The van der Waals surface area contributed by atoms with Crippen LogP contribution in [0.15, 0.2) is 127 Å². The van der Waals surface area contributed by atoms with Crippen LogP contribution in [0.1, 0.15) is 128 Å². The molecular weight excluding hydrogens is 856 g/mol. The summed E-state index contributed by atoms with van der Waals surface area (Å²) in [5, 5.41) is 5.28. The molecule has 0 unspecified atom stereocenters. The summed E-state index contributed by atoms with van der Waals surface area (Å²) in [6.45, 7) is 37.2. The van der Waals surface area contributed by atoms with Gasteiger partial charge in [0, 0.05) is 43.8 Å². The van der Waals surface area contributed by atoms with Gasteiger partial charge < -0.3 is 9.05 Å². The number of hydrogen-bond donors (Lipinski definition) is 0. The molecule has 0 fully saturated rings. The fraction of sp³-hybridized carbons (Fsp3) is 0.294. The molecule has 2 nitrogen and oxygen atoms in total. The van der Waals surface area contributed by atoms with E-state index >= 15 is 0 Å². The van der Waals surface area contributed by atoms with E-state index in [4.69, 9.17) is 0 Å². The first-order valence-electron chi connectivity index (χ1n) is 26.1. The lowest BCUT2D eigenvalue weighted by Crippen LogP contribution is -2.55. The van der Waals surface area contributed by atoms with Crippen molar-refractivity contribution in [2.24, 2.45) is 0 Å².